The molecule has 178 valence electrons. The molecule has 35 heavy (non-hydrogen) atoms. The fourth-order valence-corrected chi connectivity index (χ4v) is 4.16. The Labute approximate surface area is 207 Å². The van der Waals surface area contributed by atoms with E-state index in [1.807, 2.05) is 97.1 Å². The molecular weight excluding hydrogens is 436 g/mol. The predicted octanol–water partition coefficient (Wildman–Crippen LogP) is 6.79. The van der Waals surface area contributed by atoms with Crippen LogP contribution in [0.25, 0.3) is 11.1 Å². The smallest absolute Gasteiger partial charge is 0.310 e. The normalized spacial score (nSPS) is 10.6. The Bertz CT molecular complexity index is 1240. The van der Waals surface area contributed by atoms with Crippen LogP contribution in [0.5, 0.6) is 11.5 Å². The summed E-state index contributed by atoms with van der Waals surface area (Å²) in [6.07, 6.45) is 0.837. The van der Waals surface area contributed by atoms with E-state index in [9.17, 15) is 4.79 Å². The van der Waals surface area contributed by atoms with E-state index in [1.165, 1.54) is 7.11 Å². The number of hydrogen-bond donors (Lipinski definition) is 0. The van der Waals surface area contributed by atoms with Crippen LogP contribution in [0.3, 0.4) is 0 Å². The average molecular weight is 467 g/mol. The van der Waals surface area contributed by atoms with Gasteiger partial charge in [0, 0.05) is 11.6 Å². The zero-order valence-electron chi connectivity index (χ0n) is 20.2. The van der Waals surface area contributed by atoms with Gasteiger partial charge in [0.1, 0.15) is 24.7 Å². The maximum absolute atomic E-state index is 12.5. The van der Waals surface area contributed by atoms with E-state index in [2.05, 4.69) is 6.92 Å². The Balaban J connectivity index is 1.82. The van der Waals surface area contributed by atoms with Crippen LogP contribution < -0.4 is 9.47 Å². The third-order valence-electron chi connectivity index (χ3n) is 5.91. The van der Waals surface area contributed by atoms with E-state index in [0.717, 1.165) is 39.1 Å². The second-order valence-corrected chi connectivity index (χ2v) is 8.23. The molecule has 0 amide bonds. The molecule has 0 aliphatic carbocycles. The summed E-state index contributed by atoms with van der Waals surface area (Å²) in [5.41, 5.74) is 5.88. The first-order valence-electron chi connectivity index (χ1n) is 11.8. The summed E-state index contributed by atoms with van der Waals surface area (Å²) in [4.78, 5) is 12.5. The van der Waals surface area contributed by atoms with Gasteiger partial charge in [0.05, 0.1) is 13.5 Å². The van der Waals surface area contributed by atoms with Crippen molar-refractivity contribution >= 4 is 5.97 Å². The van der Waals surface area contributed by atoms with Crippen LogP contribution in [0.1, 0.15) is 29.2 Å². The lowest BCUT2D eigenvalue weighted by Gasteiger charge is -2.22. The van der Waals surface area contributed by atoms with Crippen molar-refractivity contribution in [3.05, 3.63) is 119 Å². The zero-order chi connectivity index (χ0) is 24.5. The Kier molecular flexibility index (Phi) is 8.18. The summed E-state index contributed by atoms with van der Waals surface area (Å²) >= 11 is 0. The minimum absolute atomic E-state index is 0.133. The van der Waals surface area contributed by atoms with Crippen LogP contribution in [-0.2, 0) is 35.6 Å². The van der Waals surface area contributed by atoms with Crippen molar-refractivity contribution in [2.45, 2.75) is 33.0 Å². The fraction of sp³-hybridized carbons (Fsp3) is 0.194. The highest BCUT2D eigenvalue weighted by molar-refractivity contribution is 5.83. The maximum atomic E-state index is 12.5. The van der Waals surface area contributed by atoms with E-state index in [-0.39, 0.29) is 12.4 Å². The lowest BCUT2D eigenvalue weighted by Crippen LogP contribution is -2.11. The highest BCUT2D eigenvalue weighted by Crippen LogP contribution is 2.42. The van der Waals surface area contributed by atoms with Crippen molar-refractivity contribution in [2.75, 3.05) is 7.11 Å². The molecule has 0 aliphatic rings. The van der Waals surface area contributed by atoms with Gasteiger partial charge in [-0.2, -0.15) is 0 Å². The van der Waals surface area contributed by atoms with Crippen LogP contribution in [0.15, 0.2) is 97.1 Å². The maximum Gasteiger partial charge on any atom is 0.310 e. The summed E-state index contributed by atoms with van der Waals surface area (Å²) in [6.45, 7) is 2.90. The molecule has 0 aliphatic heterocycles. The Morgan fingerprint density at radius 3 is 1.71 bits per heavy atom. The highest BCUT2D eigenvalue weighted by Gasteiger charge is 2.23. The fourth-order valence-electron chi connectivity index (χ4n) is 4.16. The van der Waals surface area contributed by atoms with Crippen molar-refractivity contribution in [1.82, 2.24) is 0 Å². The monoisotopic (exact) mass is 466 g/mol. The molecule has 0 unspecified atom stereocenters. The first-order chi connectivity index (χ1) is 17.2. The minimum atomic E-state index is -0.300. The lowest BCUT2D eigenvalue weighted by atomic mass is 9.90. The first kappa shape index (κ1) is 24.1. The molecule has 0 saturated carbocycles. The van der Waals surface area contributed by atoms with Gasteiger partial charge in [-0.25, -0.2) is 0 Å². The second-order valence-electron chi connectivity index (χ2n) is 8.23. The molecule has 0 radical (unpaired) electrons. The highest BCUT2D eigenvalue weighted by atomic mass is 16.5. The molecule has 4 aromatic carbocycles. The van der Waals surface area contributed by atoms with Crippen molar-refractivity contribution in [3.8, 4) is 22.6 Å². The molecular formula is C31H30O4. The van der Waals surface area contributed by atoms with E-state index in [1.54, 1.807) is 0 Å². The van der Waals surface area contributed by atoms with Crippen molar-refractivity contribution in [1.29, 1.82) is 0 Å². The minimum Gasteiger partial charge on any atom is -0.488 e. The van der Waals surface area contributed by atoms with E-state index in [4.69, 9.17) is 14.2 Å². The number of ether oxygens (including phenoxy) is 3. The zero-order valence-corrected chi connectivity index (χ0v) is 20.2. The Hall–Kier alpha value is -4.05. The standard InChI is InChI=1S/C31H30O4/c1-3-26-27(19-30(32)33-2)31(25-17-11-6-12-18-25)29(35-22-24-15-9-5-10-16-24)20-28(26)34-21-23-13-7-4-8-14-23/h4-18,20H,3,19,21-22H2,1-2H3. The van der Waals surface area contributed by atoms with E-state index in [0.29, 0.717) is 25.4 Å². The van der Waals surface area contributed by atoms with Gasteiger partial charge in [-0.1, -0.05) is 97.9 Å². The first-order valence-corrected chi connectivity index (χ1v) is 11.8. The quantitative estimate of drug-likeness (QED) is 0.241. The van der Waals surface area contributed by atoms with Gasteiger partial charge in [0.25, 0.3) is 0 Å². The molecule has 0 bridgehead atoms. The van der Waals surface area contributed by atoms with Crippen LogP contribution in [0, 0.1) is 0 Å². The number of hydrogen-bond acceptors (Lipinski definition) is 4. The molecule has 0 heterocycles. The molecule has 0 atom stereocenters. The number of carbonyl (C=O) groups is 1. The number of esters is 1. The van der Waals surface area contributed by atoms with Crippen molar-refractivity contribution in [3.63, 3.8) is 0 Å². The number of benzene rings is 4. The van der Waals surface area contributed by atoms with Crippen LogP contribution in [-0.4, -0.2) is 13.1 Å². The predicted molar refractivity (Wildman–Crippen MR) is 139 cm³/mol. The van der Waals surface area contributed by atoms with E-state index < -0.39 is 0 Å². The summed E-state index contributed by atoms with van der Waals surface area (Å²) in [5, 5.41) is 0. The van der Waals surface area contributed by atoms with Gasteiger partial charge in [-0.3, -0.25) is 4.79 Å². The molecule has 0 saturated heterocycles. The van der Waals surface area contributed by atoms with Gasteiger partial charge >= 0.3 is 5.97 Å². The van der Waals surface area contributed by atoms with Gasteiger partial charge in [0.15, 0.2) is 0 Å². The molecule has 0 fully saturated rings. The summed E-state index contributed by atoms with van der Waals surface area (Å²) in [5.74, 6) is 1.10. The summed E-state index contributed by atoms with van der Waals surface area (Å²) in [6, 6.07) is 32.1. The largest absolute Gasteiger partial charge is 0.488 e. The SMILES string of the molecule is CCc1c(OCc2ccccc2)cc(OCc2ccccc2)c(-c2ccccc2)c1CC(=O)OC. The Morgan fingerprint density at radius 2 is 1.20 bits per heavy atom. The molecule has 4 nitrogen and oxygen atoms in total. The van der Waals surface area contributed by atoms with Crippen LogP contribution in [0.2, 0.25) is 0 Å². The van der Waals surface area contributed by atoms with Gasteiger partial charge in [-0.15, -0.1) is 0 Å². The number of rotatable bonds is 10. The van der Waals surface area contributed by atoms with Crippen molar-refractivity contribution < 1.29 is 19.0 Å². The number of carbonyl (C=O) groups excluding carboxylic acids is 1. The van der Waals surface area contributed by atoms with Gasteiger partial charge in [0.2, 0.25) is 0 Å². The topological polar surface area (TPSA) is 44.8 Å². The molecule has 4 heteroatoms. The lowest BCUT2D eigenvalue weighted by molar-refractivity contribution is -0.139. The second kappa shape index (κ2) is 11.9. The molecule has 4 aromatic rings. The number of methoxy groups -OCH3 is 1. The molecule has 4 rings (SSSR count). The van der Waals surface area contributed by atoms with Crippen LogP contribution >= 0.6 is 0 Å². The molecule has 0 aromatic heterocycles. The molecule has 0 spiro atoms. The third kappa shape index (κ3) is 6.10. The van der Waals surface area contributed by atoms with Gasteiger partial charge < -0.3 is 14.2 Å². The summed E-state index contributed by atoms with van der Waals surface area (Å²) < 4.78 is 17.8. The third-order valence-corrected chi connectivity index (χ3v) is 5.91. The summed E-state index contributed by atoms with van der Waals surface area (Å²) in [7, 11) is 1.42. The van der Waals surface area contributed by atoms with E-state index >= 15 is 0 Å². The Morgan fingerprint density at radius 1 is 0.686 bits per heavy atom. The van der Waals surface area contributed by atoms with Crippen LogP contribution in [0.4, 0.5) is 0 Å². The average Bonchev–Trinajstić information content (AvgIpc) is 2.92. The van der Waals surface area contributed by atoms with Crippen molar-refractivity contribution in [2.24, 2.45) is 0 Å². The molecule has 0 N–H and O–H groups in total. The van der Waals surface area contributed by atoms with Gasteiger partial charge in [-0.05, 0) is 34.2 Å².